The second-order valence-electron chi connectivity index (χ2n) is 5.49. The van der Waals surface area contributed by atoms with Gasteiger partial charge in [0, 0.05) is 18.3 Å². The lowest BCUT2D eigenvalue weighted by Crippen LogP contribution is -2.43. The SMILES string of the molecule is CCC1(CC)CC(Nc2ccc(C#N)c(N)c2)CCO1. The third-order valence-electron chi connectivity index (χ3n) is 4.32. The summed E-state index contributed by atoms with van der Waals surface area (Å²) in [4.78, 5) is 0. The Morgan fingerprint density at radius 2 is 2.20 bits per heavy atom. The third-order valence-corrected chi connectivity index (χ3v) is 4.32. The number of ether oxygens (including phenoxy) is 1. The Bertz CT molecular complexity index is 503. The quantitative estimate of drug-likeness (QED) is 0.826. The summed E-state index contributed by atoms with van der Waals surface area (Å²) in [6.07, 6.45) is 4.09. The topological polar surface area (TPSA) is 71.1 Å². The van der Waals surface area contributed by atoms with Gasteiger partial charge in [-0.1, -0.05) is 13.8 Å². The number of hydrogen-bond acceptors (Lipinski definition) is 4. The van der Waals surface area contributed by atoms with Gasteiger partial charge in [-0.05, 0) is 43.9 Å². The van der Waals surface area contributed by atoms with E-state index in [9.17, 15) is 0 Å². The highest BCUT2D eigenvalue weighted by Crippen LogP contribution is 2.33. The van der Waals surface area contributed by atoms with Crippen LogP contribution in [0.5, 0.6) is 0 Å². The van der Waals surface area contributed by atoms with Gasteiger partial charge >= 0.3 is 0 Å². The molecule has 0 spiro atoms. The molecule has 1 unspecified atom stereocenters. The van der Waals surface area contributed by atoms with Crippen LogP contribution in [0.4, 0.5) is 11.4 Å². The molecule has 1 heterocycles. The van der Waals surface area contributed by atoms with Crippen molar-refractivity contribution in [3.8, 4) is 6.07 Å². The van der Waals surface area contributed by atoms with Crippen LogP contribution in [0.1, 0.15) is 45.1 Å². The summed E-state index contributed by atoms with van der Waals surface area (Å²) in [5.74, 6) is 0. The fraction of sp³-hybridized carbons (Fsp3) is 0.562. The summed E-state index contributed by atoms with van der Waals surface area (Å²) in [6, 6.07) is 8.01. The van der Waals surface area contributed by atoms with Crippen LogP contribution in [-0.4, -0.2) is 18.2 Å². The Hall–Kier alpha value is -1.73. The first kappa shape index (κ1) is 14.7. The van der Waals surface area contributed by atoms with Crippen LogP contribution in [-0.2, 0) is 4.74 Å². The largest absolute Gasteiger partial charge is 0.398 e. The van der Waals surface area contributed by atoms with Gasteiger partial charge in [0.15, 0.2) is 0 Å². The Morgan fingerprint density at radius 1 is 1.45 bits per heavy atom. The molecule has 2 rings (SSSR count). The first-order valence-electron chi connectivity index (χ1n) is 7.32. The highest BCUT2D eigenvalue weighted by Gasteiger charge is 2.34. The van der Waals surface area contributed by atoms with E-state index in [4.69, 9.17) is 15.7 Å². The van der Waals surface area contributed by atoms with Gasteiger partial charge in [-0.15, -0.1) is 0 Å². The van der Waals surface area contributed by atoms with Gasteiger partial charge in [-0.3, -0.25) is 0 Å². The van der Waals surface area contributed by atoms with E-state index in [1.54, 1.807) is 6.07 Å². The lowest BCUT2D eigenvalue weighted by Gasteiger charge is -2.40. The number of anilines is 2. The Kier molecular flexibility index (Phi) is 4.51. The van der Waals surface area contributed by atoms with Crippen molar-refractivity contribution < 1.29 is 4.74 Å². The van der Waals surface area contributed by atoms with Crippen LogP contribution in [0.15, 0.2) is 18.2 Å². The van der Waals surface area contributed by atoms with Crippen LogP contribution >= 0.6 is 0 Å². The first-order chi connectivity index (χ1) is 9.62. The van der Waals surface area contributed by atoms with Crippen molar-refractivity contribution in [1.82, 2.24) is 0 Å². The zero-order chi connectivity index (χ0) is 14.6. The van der Waals surface area contributed by atoms with Crippen LogP contribution in [0.25, 0.3) is 0 Å². The van der Waals surface area contributed by atoms with E-state index >= 15 is 0 Å². The number of nitrogen functional groups attached to an aromatic ring is 1. The zero-order valence-corrected chi connectivity index (χ0v) is 12.3. The van der Waals surface area contributed by atoms with E-state index < -0.39 is 0 Å². The molecule has 108 valence electrons. The summed E-state index contributed by atoms with van der Waals surface area (Å²) < 4.78 is 5.98. The Morgan fingerprint density at radius 3 is 2.80 bits per heavy atom. The van der Waals surface area contributed by atoms with Gasteiger partial charge in [0.1, 0.15) is 6.07 Å². The fourth-order valence-corrected chi connectivity index (χ4v) is 2.88. The zero-order valence-electron chi connectivity index (χ0n) is 12.3. The number of hydrogen-bond donors (Lipinski definition) is 2. The molecular formula is C16H23N3O. The van der Waals surface area contributed by atoms with Crippen LogP contribution < -0.4 is 11.1 Å². The molecule has 4 nitrogen and oxygen atoms in total. The summed E-state index contributed by atoms with van der Waals surface area (Å²) in [6.45, 7) is 5.17. The second kappa shape index (κ2) is 6.15. The highest BCUT2D eigenvalue weighted by atomic mass is 16.5. The number of nitrogens with zero attached hydrogens (tertiary/aromatic N) is 1. The number of rotatable bonds is 4. The molecule has 1 fully saturated rings. The van der Waals surface area contributed by atoms with Crippen molar-refractivity contribution in [2.24, 2.45) is 0 Å². The molecule has 0 aromatic heterocycles. The third kappa shape index (κ3) is 3.05. The van der Waals surface area contributed by atoms with Gasteiger partial charge in [0.25, 0.3) is 0 Å². The molecule has 0 aliphatic carbocycles. The summed E-state index contributed by atoms with van der Waals surface area (Å²) in [5, 5.41) is 12.4. The molecule has 1 aliphatic heterocycles. The molecule has 4 heteroatoms. The van der Waals surface area contributed by atoms with Crippen molar-refractivity contribution in [2.45, 2.75) is 51.2 Å². The van der Waals surface area contributed by atoms with E-state index in [1.165, 1.54) is 0 Å². The van der Waals surface area contributed by atoms with Crippen molar-refractivity contribution in [3.05, 3.63) is 23.8 Å². The normalized spacial score (nSPS) is 21.1. The monoisotopic (exact) mass is 273 g/mol. The van der Waals surface area contributed by atoms with E-state index in [0.29, 0.717) is 17.3 Å². The molecule has 3 N–H and O–H groups in total. The van der Waals surface area contributed by atoms with Gasteiger partial charge in [-0.25, -0.2) is 0 Å². The molecule has 1 aromatic rings. The fourth-order valence-electron chi connectivity index (χ4n) is 2.88. The molecule has 0 radical (unpaired) electrons. The molecule has 1 aliphatic rings. The maximum atomic E-state index is 8.90. The van der Waals surface area contributed by atoms with Crippen LogP contribution in [0, 0.1) is 11.3 Å². The molecule has 20 heavy (non-hydrogen) atoms. The standard InChI is InChI=1S/C16H23N3O/c1-3-16(4-2)10-14(7-8-20-16)19-13-6-5-12(11-17)15(18)9-13/h5-6,9,14,19H,3-4,7-8,10,18H2,1-2H3. The van der Waals surface area contributed by atoms with Gasteiger partial charge in [0.05, 0.1) is 16.9 Å². The molecule has 1 saturated heterocycles. The maximum absolute atomic E-state index is 8.90. The predicted octanol–water partition coefficient (Wildman–Crippen LogP) is 3.29. The number of nitrogens with two attached hydrogens (primary N) is 1. The minimum Gasteiger partial charge on any atom is -0.398 e. The molecule has 1 aromatic carbocycles. The van der Waals surface area contributed by atoms with Crippen molar-refractivity contribution in [2.75, 3.05) is 17.7 Å². The van der Waals surface area contributed by atoms with Gasteiger partial charge in [0.2, 0.25) is 0 Å². The maximum Gasteiger partial charge on any atom is 0.101 e. The van der Waals surface area contributed by atoms with Crippen LogP contribution in [0.3, 0.4) is 0 Å². The van der Waals surface area contributed by atoms with E-state index in [-0.39, 0.29) is 5.60 Å². The molecular weight excluding hydrogens is 250 g/mol. The van der Waals surface area contributed by atoms with Gasteiger partial charge in [-0.2, -0.15) is 5.26 Å². The Labute approximate surface area is 120 Å². The smallest absolute Gasteiger partial charge is 0.101 e. The second-order valence-corrected chi connectivity index (χ2v) is 5.49. The molecule has 0 saturated carbocycles. The highest BCUT2D eigenvalue weighted by molar-refractivity contribution is 5.62. The number of nitrogens with one attached hydrogen (secondary N) is 1. The van der Waals surface area contributed by atoms with Crippen molar-refractivity contribution >= 4 is 11.4 Å². The van der Waals surface area contributed by atoms with Crippen LogP contribution in [0.2, 0.25) is 0 Å². The number of benzene rings is 1. The number of nitriles is 1. The lowest BCUT2D eigenvalue weighted by atomic mass is 9.86. The summed E-state index contributed by atoms with van der Waals surface area (Å²) in [5.41, 5.74) is 7.90. The van der Waals surface area contributed by atoms with E-state index in [1.807, 2.05) is 12.1 Å². The molecule has 0 bridgehead atoms. The minimum atomic E-state index is 0.00799. The van der Waals surface area contributed by atoms with E-state index in [0.717, 1.165) is 38.0 Å². The minimum absolute atomic E-state index is 0.00799. The molecule has 0 amide bonds. The molecule has 1 atom stereocenters. The predicted molar refractivity (Wildman–Crippen MR) is 81.5 cm³/mol. The van der Waals surface area contributed by atoms with E-state index in [2.05, 4.69) is 25.2 Å². The van der Waals surface area contributed by atoms with Crippen molar-refractivity contribution in [1.29, 1.82) is 5.26 Å². The lowest BCUT2D eigenvalue weighted by molar-refractivity contribution is -0.0864. The Balaban J connectivity index is 2.06. The van der Waals surface area contributed by atoms with Gasteiger partial charge < -0.3 is 15.8 Å². The summed E-state index contributed by atoms with van der Waals surface area (Å²) in [7, 11) is 0. The average Bonchev–Trinajstić information content (AvgIpc) is 2.47. The average molecular weight is 273 g/mol. The summed E-state index contributed by atoms with van der Waals surface area (Å²) >= 11 is 0. The first-order valence-corrected chi connectivity index (χ1v) is 7.32. The van der Waals surface area contributed by atoms with Crippen molar-refractivity contribution in [3.63, 3.8) is 0 Å².